The van der Waals surface area contributed by atoms with Crippen molar-refractivity contribution in [3.05, 3.63) is 54.1 Å². The van der Waals surface area contributed by atoms with E-state index in [0.29, 0.717) is 18.7 Å². The number of carbonyl (C=O) groups is 2. The molecule has 1 aromatic carbocycles. The Balaban J connectivity index is 1.73. The number of rotatable bonds is 5. The first-order valence-corrected chi connectivity index (χ1v) is 12.7. The summed E-state index contributed by atoms with van der Waals surface area (Å²) in [6.07, 6.45) is 3.83. The molecule has 36 heavy (non-hydrogen) atoms. The van der Waals surface area contributed by atoms with Crippen LogP contribution >= 0.6 is 0 Å². The monoisotopic (exact) mass is 491 g/mol. The molecule has 0 radical (unpaired) electrons. The first kappa shape index (κ1) is 25.7. The van der Waals surface area contributed by atoms with Gasteiger partial charge in [0.15, 0.2) is 0 Å². The minimum absolute atomic E-state index is 0.00492. The smallest absolute Gasteiger partial charge is 0.410 e. The zero-order chi connectivity index (χ0) is 26.2. The van der Waals surface area contributed by atoms with E-state index < -0.39 is 5.60 Å². The SMILES string of the molecule is CC(C)N(C(=O)c1ccccc1-c1cc(C2CCN(C(=O)OC(C)(C)C)C2)n2ncncc12)C(C)C. The lowest BCUT2D eigenvalue weighted by Crippen LogP contribution is -2.42. The first-order chi connectivity index (χ1) is 17.0. The molecule has 2 amide bonds. The average molecular weight is 492 g/mol. The molecule has 1 unspecified atom stereocenters. The second-order valence-corrected chi connectivity index (χ2v) is 11.0. The van der Waals surface area contributed by atoms with Crippen LogP contribution in [-0.4, -0.2) is 67.2 Å². The second kappa shape index (κ2) is 9.91. The van der Waals surface area contributed by atoms with Gasteiger partial charge in [0.25, 0.3) is 5.91 Å². The van der Waals surface area contributed by atoms with Gasteiger partial charge in [-0.3, -0.25) is 4.79 Å². The van der Waals surface area contributed by atoms with E-state index in [1.807, 2.05) is 82.1 Å². The highest BCUT2D eigenvalue weighted by Crippen LogP contribution is 2.36. The van der Waals surface area contributed by atoms with Crippen molar-refractivity contribution in [3.8, 4) is 11.1 Å². The number of aromatic nitrogens is 3. The van der Waals surface area contributed by atoms with E-state index in [1.165, 1.54) is 6.33 Å². The molecule has 0 bridgehead atoms. The van der Waals surface area contributed by atoms with Crippen LogP contribution in [0.25, 0.3) is 16.6 Å². The maximum Gasteiger partial charge on any atom is 0.410 e. The highest BCUT2D eigenvalue weighted by atomic mass is 16.6. The Labute approximate surface area is 213 Å². The van der Waals surface area contributed by atoms with Crippen LogP contribution in [0, 0.1) is 0 Å². The van der Waals surface area contributed by atoms with Gasteiger partial charge in [-0.25, -0.2) is 14.3 Å². The quantitative estimate of drug-likeness (QED) is 0.479. The van der Waals surface area contributed by atoms with Gasteiger partial charge in [-0.05, 0) is 72.6 Å². The maximum absolute atomic E-state index is 13.7. The summed E-state index contributed by atoms with van der Waals surface area (Å²) in [7, 11) is 0. The number of benzene rings is 1. The molecule has 3 aromatic rings. The van der Waals surface area contributed by atoms with Gasteiger partial charge in [0.2, 0.25) is 0 Å². The molecular formula is C28H37N5O3. The van der Waals surface area contributed by atoms with Gasteiger partial charge in [0.05, 0.1) is 11.7 Å². The van der Waals surface area contributed by atoms with Crippen LogP contribution in [0.2, 0.25) is 0 Å². The van der Waals surface area contributed by atoms with Gasteiger partial charge in [0, 0.05) is 47.9 Å². The Kier molecular flexibility index (Phi) is 7.07. The van der Waals surface area contributed by atoms with Gasteiger partial charge in [-0.1, -0.05) is 18.2 Å². The van der Waals surface area contributed by atoms with E-state index in [1.54, 1.807) is 11.1 Å². The third-order valence-corrected chi connectivity index (χ3v) is 6.52. The normalized spacial score (nSPS) is 16.2. The Morgan fingerprint density at radius 1 is 1.08 bits per heavy atom. The van der Waals surface area contributed by atoms with Crippen LogP contribution in [0.3, 0.4) is 0 Å². The minimum Gasteiger partial charge on any atom is -0.444 e. The summed E-state index contributed by atoms with van der Waals surface area (Å²) in [6.45, 7) is 15.0. The molecule has 8 nitrogen and oxygen atoms in total. The fourth-order valence-corrected chi connectivity index (χ4v) is 5.08. The van der Waals surface area contributed by atoms with Crippen LogP contribution < -0.4 is 0 Å². The van der Waals surface area contributed by atoms with Crippen molar-refractivity contribution < 1.29 is 14.3 Å². The van der Waals surface area contributed by atoms with Crippen LogP contribution in [0.1, 0.15) is 76.9 Å². The molecule has 1 saturated heterocycles. The molecule has 1 fully saturated rings. The molecular weight excluding hydrogens is 454 g/mol. The lowest BCUT2D eigenvalue weighted by atomic mass is 9.97. The summed E-state index contributed by atoms with van der Waals surface area (Å²) in [5.74, 6) is 0.102. The second-order valence-electron chi connectivity index (χ2n) is 11.0. The van der Waals surface area contributed by atoms with Crippen molar-refractivity contribution in [1.29, 1.82) is 0 Å². The molecule has 1 aliphatic heterocycles. The van der Waals surface area contributed by atoms with Crippen molar-refractivity contribution in [1.82, 2.24) is 24.4 Å². The number of nitrogens with zero attached hydrogens (tertiary/aromatic N) is 5. The van der Waals surface area contributed by atoms with Gasteiger partial charge >= 0.3 is 6.09 Å². The summed E-state index contributed by atoms with van der Waals surface area (Å²) < 4.78 is 7.48. The average Bonchev–Trinajstić information content (AvgIpc) is 3.43. The highest BCUT2D eigenvalue weighted by Gasteiger charge is 2.33. The van der Waals surface area contributed by atoms with Crippen molar-refractivity contribution in [2.24, 2.45) is 0 Å². The number of fused-ring (bicyclic) bond motifs is 1. The van der Waals surface area contributed by atoms with E-state index in [-0.39, 0.29) is 30.0 Å². The van der Waals surface area contributed by atoms with Crippen LogP contribution in [0.5, 0.6) is 0 Å². The number of likely N-dealkylation sites (tertiary alicyclic amines) is 1. The van der Waals surface area contributed by atoms with Crippen molar-refractivity contribution >= 4 is 17.5 Å². The van der Waals surface area contributed by atoms with E-state index in [2.05, 4.69) is 16.1 Å². The lowest BCUT2D eigenvalue weighted by molar-refractivity contribution is 0.0292. The lowest BCUT2D eigenvalue weighted by Gasteiger charge is -2.31. The van der Waals surface area contributed by atoms with Gasteiger partial charge in [-0.2, -0.15) is 5.10 Å². The summed E-state index contributed by atoms with van der Waals surface area (Å²) in [6, 6.07) is 9.99. The van der Waals surface area contributed by atoms with Crippen LogP contribution in [0.4, 0.5) is 4.79 Å². The first-order valence-electron chi connectivity index (χ1n) is 12.7. The summed E-state index contributed by atoms with van der Waals surface area (Å²) in [5.41, 5.74) is 3.73. The largest absolute Gasteiger partial charge is 0.444 e. The Bertz CT molecular complexity index is 1250. The predicted octanol–water partition coefficient (Wildman–Crippen LogP) is 5.38. The molecule has 8 heteroatoms. The number of hydrogen-bond acceptors (Lipinski definition) is 5. The van der Waals surface area contributed by atoms with E-state index in [0.717, 1.165) is 28.8 Å². The van der Waals surface area contributed by atoms with E-state index in [9.17, 15) is 9.59 Å². The number of ether oxygens (including phenoxy) is 1. The summed E-state index contributed by atoms with van der Waals surface area (Å²) in [4.78, 5) is 34.3. The third-order valence-electron chi connectivity index (χ3n) is 6.52. The van der Waals surface area contributed by atoms with Crippen LogP contribution in [-0.2, 0) is 4.74 Å². The molecule has 0 spiro atoms. The molecule has 2 aromatic heterocycles. The third kappa shape index (κ3) is 5.08. The van der Waals surface area contributed by atoms with Gasteiger partial charge in [-0.15, -0.1) is 0 Å². The number of amides is 2. The molecule has 3 heterocycles. The summed E-state index contributed by atoms with van der Waals surface area (Å²) in [5, 5.41) is 4.54. The number of carbonyl (C=O) groups excluding carboxylic acids is 2. The zero-order valence-corrected chi connectivity index (χ0v) is 22.4. The van der Waals surface area contributed by atoms with E-state index in [4.69, 9.17) is 4.74 Å². The fraction of sp³-hybridized carbons (Fsp3) is 0.500. The van der Waals surface area contributed by atoms with E-state index >= 15 is 0 Å². The fourth-order valence-electron chi connectivity index (χ4n) is 5.08. The zero-order valence-electron chi connectivity index (χ0n) is 22.4. The maximum atomic E-state index is 13.7. The molecule has 0 aliphatic carbocycles. The topological polar surface area (TPSA) is 80.0 Å². The summed E-state index contributed by atoms with van der Waals surface area (Å²) >= 11 is 0. The molecule has 1 aliphatic rings. The predicted molar refractivity (Wildman–Crippen MR) is 140 cm³/mol. The Morgan fingerprint density at radius 3 is 2.44 bits per heavy atom. The van der Waals surface area contributed by atoms with Gasteiger partial charge < -0.3 is 14.5 Å². The van der Waals surface area contributed by atoms with Crippen LogP contribution in [0.15, 0.2) is 42.9 Å². The Hall–Kier alpha value is -3.42. The molecule has 0 N–H and O–H groups in total. The van der Waals surface area contributed by atoms with Crippen molar-refractivity contribution in [3.63, 3.8) is 0 Å². The molecule has 192 valence electrons. The Morgan fingerprint density at radius 2 is 1.78 bits per heavy atom. The highest BCUT2D eigenvalue weighted by molar-refractivity contribution is 6.03. The molecule has 0 saturated carbocycles. The minimum atomic E-state index is -0.534. The van der Waals surface area contributed by atoms with Crippen molar-refractivity contribution in [2.45, 2.75) is 78.5 Å². The standard InChI is InChI=1S/C28H37N5O3/c1-18(2)32(19(3)4)26(34)22-11-9-8-10-21(22)23-14-24(33-25(23)15-29-17-30-33)20-12-13-31(16-20)27(35)36-28(5,6)7/h8-11,14-15,17-20H,12-13,16H2,1-7H3. The molecule has 1 atom stereocenters. The number of hydrogen-bond donors (Lipinski definition) is 0. The van der Waals surface area contributed by atoms with Crippen molar-refractivity contribution in [2.75, 3.05) is 13.1 Å². The van der Waals surface area contributed by atoms with Gasteiger partial charge in [0.1, 0.15) is 11.9 Å². The molecule has 4 rings (SSSR count).